The van der Waals surface area contributed by atoms with Crippen LogP contribution in [0.1, 0.15) is 93.1 Å². The average Bonchev–Trinajstić information content (AvgIpc) is 3.67. The summed E-state index contributed by atoms with van der Waals surface area (Å²) in [4.78, 5) is 55.7. The maximum absolute atomic E-state index is 14.2. The molecule has 2 aliphatic carbocycles. The van der Waals surface area contributed by atoms with E-state index in [4.69, 9.17) is 32.5 Å². The van der Waals surface area contributed by atoms with Gasteiger partial charge in [0.2, 0.25) is 17.7 Å². The lowest BCUT2D eigenvalue weighted by Crippen LogP contribution is -2.57. The van der Waals surface area contributed by atoms with Gasteiger partial charge in [-0.25, -0.2) is 4.79 Å². The lowest BCUT2D eigenvalue weighted by molar-refractivity contribution is -0.192. The van der Waals surface area contributed by atoms with Crippen LogP contribution in [0.5, 0.6) is 0 Å². The highest BCUT2D eigenvalue weighted by molar-refractivity contribution is 7.09. The summed E-state index contributed by atoms with van der Waals surface area (Å²) in [6, 6.07) is 9.87. The number of hydrogen-bond acceptors (Lipinski definition) is 7. The molecule has 1 aromatic carbocycles. The van der Waals surface area contributed by atoms with E-state index >= 15 is 0 Å². The Morgan fingerprint density at radius 2 is 1.46 bits per heavy atom. The second kappa shape index (κ2) is 21.9. The van der Waals surface area contributed by atoms with Crippen molar-refractivity contribution in [2.45, 2.75) is 108 Å². The first kappa shape index (κ1) is 43.7. The second-order valence-corrected chi connectivity index (χ2v) is 14.8. The van der Waals surface area contributed by atoms with Crippen LogP contribution in [0.15, 0.2) is 46.8 Å². The number of hydrogen-bond donors (Lipinski definition) is 8. The SMILES string of the molecule is N=C(N)c1ccc(CC(C(=O)NC(C(=O)N[C@@H](CCCN=C(N)N)C(=O)NCc2cccs2)C2CCCCC2)C2CCCCC2)cc1.O=C(O)C(F)(F)F. The van der Waals surface area contributed by atoms with E-state index in [9.17, 15) is 27.6 Å². The van der Waals surface area contributed by atoms with Crippen LogP contribution in [0.25, 0.3) is 0 Å². The normalized spacial score (nSPS) is 16.7. The number of amidine groups is 1. The second-order valence-electron chi connectivity index (χ2n) is 13.8. The van der Waals surface area contributed by atoms with Crippen LogP contribution in [0.2, 0.25) is 0 Å². The number of carboxylic acids is 1. The van der Waals surface area contributed by atoms with Crippen LogP contribution in [0.3, 0.4) is 0 Å². The molecule has 17 heteroatoms. The molecule has 3 atom stereocenters. The Morgan fingerprint density at radius 1 is 0.870 bits per heavy atom. The van der Waals surface area contributed by atoms with Crippen LogP contribution >= 0.6 is 11.3 Å². The number of amides is 3. The van der Waals surface area contributed by atoms with Gasteiger partial charge in [-0.3, -0.25) is 24.8 Å². The number of carbonyl (C=O) groups excluding carboxylic acids is 3. The molecule has 1 heterocycles. The Balaban J connectivity index is 0.00000102. The number of aliphatic imine (C=N–C) groups is 1. The number of guanidine groups is 1. The molecular formula is C37H53F3N8O5S. The van der Waals surface area contributed by atoms with Gasteiger partial charge in [0.05, 0.1) is 6.54 Å². The van der Waals surface area contributed by atoms with Crippen LogP contribution in [0.4, 0.5) is 13.2 Å². The molecule has 0 aliphatic heterocycles. The monoisotopic (exact) mass is 778 g/mol. The molecule has 2 aromatic rings. The Hall–Kier alpha value is -4.67. The first-order chi connectivity index (χ1) is 25.6. The van der Waals surface area contributed by atoms with Crippen molar-refractivity contribution in [3.63, 3.8) is 0 Å². The first-order valence-electron chi connectivity index (χ1n) is 18.3. The predicted molar refractivity (Wildman–Crippen MR) is 201 cm³/mol. The number of nitrogens with zero attached hydrogens (tertiary/aromatic N) is 1. The molecule has 1 aromatic heterocycles. The minimum absolute atomic E-state index is 0.00831. The molecule has 13 nitrogen and oxygen atoms in total. The zero-order valence-corrected chi connectivity index (χ0v) is 31.2. The summed E-state index contributed by atoms with van der Waals surface area (Å²) in [6.07, 6.45) is 6.43. The number of aliphatic carboxylic acids is 1. The van der Waals surface area contributed by atoms with Crippen LogP contribution in [-0.4, -0.2) is 65.4 Å². The van der Waals surface area contributed by atoms with E-state index in [-0.39, 0.29) is 47.3 Å². The standard InChI is InChI=1S/C35H52N8O3S.C2HF3O2/c36-31(37)26-17-15-23(16-18-26)21-28(24-9-3-1-4-10-24)32(44)43-30(25-11-5-2-6-12-25)34(46)42-29(14-7-19-40-35(38)39)33(45)41-22-27-13-8-20-47-27;3-2(4,5)1(6)7/h8,13,15-18,20,24-25,28-30H,1-7,9-12,14,19,21-22H2,(H3,36,37)(H,41,45)(H,42,46)(H,43,44)(H4,38,39,40);(H,6,7)/t28?,29-,30?;/m0./s1. The minimum atomic E-state index is -5.08. The zero-order valence-electron chi connectivity index (χ0n) is 30.3. The summed E-state index contributed by atoms with van der Waals surface area (Å²) < 4.78 is 31.7. The lowest BCUT2D eigenvalue weighted by atomic mass is 9.76. The molecule has 11 N–H and O–H groups in total. The fourth-order valence-corrected chi connectivity index (χ4v) is 7.60. The van der Waals surface area contributed by atoms with E-state index in [1.807, 2.05) is 41.8 Å². The Morgan fingerprint density at radius 3 is 1.98 bits per heavy atom. The van der Waals surface area contributed by atoms with Gasteiger partial charge in [0.1, 0.15) is 17.9 Å². The van der Waals surface area contributed by atoms with E-state index < -0.39 is 24.2 Å². The average molecular weight is 779 g/mol. The highest BCUT2D eigenvalue weighted by Crippen LogP contribution is 2.33. The topological polar surface area (TPSA) is 239 Å². The molecule has 4 rings (SSSR count). The predicted octanol–water partition coefficient (Wildman–Crippen LogP) is 4.32. The number of carboxylic acid groups (broad SMARTS) is 1. The Labute approximate surface area is 317 Å². The van der Waals surface area contributed by atoms with E-state index in [0.29, 0.717) is 37.9 Å². The molecule has 0 bridgehead atoms. The number of thiophene rings is 1. The highest BCUT2D eigenvalue weighted by Gasteiger charge is 2.39. The molecule has 2 fully saturated rings. The number of nitrogens with two attached hydrogens (primary N) is 3. The van der Waals surface area contributed by atoms with Crippen molar-refractivity contribution in [3.8, 4) is 0 Å². The molecule has 2 saturated carbocycles. The van der Waals surface area contributed by atoms with Gasteiger partial charge in [0.25, 0.3) is 0 Å². The zero-order chi connectivity index (χ0) is 39.7. The third kappa shape index (κ3) is 15.0. The van der Waals surface area contributed by atoms with Gasteiger partial charge >= 0.3 is 12.1 Å². The van der Waals surface area contributed by atoms with Crippen molar-refractivity contribution in [2.24, 2.45) is 39.9 Å². The molecular weight excluding hydrogens is 726 g/mol. The van der Waals surface area contributed by atoms with Crippen molar-refractivity contribution < 1.29 is 37.5 Å². The summed E-state index contributed by atoms with van der Waals surface area (Å²) in [7, 11) is 0. The number of halogens is 3. The van der Waals surface area contributed by atoms with Crippen molar-refractivity contribution >= 4 is 46.8 Å². The van der Waals surface area contributed by atoms with Crippen LogP contribution in [0, 0.1) is 23.2 Å². The van der Waals surface area contributed by atoms with E-state index in [1.54, 1.807) is 11.3 Å². The van der Waals surface area contributed by atoms with Crippen LogP contribution < -0.4 is 33.2 Å². The van der Waals surface area contributed by atoms with Gasteiger partial charge in [0.15, 0.2) is 5.96 Å². The van der Waals surface area contributed by atoms with Gasteiger partial charge in [0, 0.05) is 22.9 Å². The number of nitrogen functional groups attached to an aromatic ring is 1. The van der Waals surface area contributed by atoms with Gasteiger partial charge in [-0.05, 0) is 73.8 Å². The molecule has 54 heavy (non-hydrogen) atoms. The summed E-state index contributed by atoms with van der Waals surface area (Å²) in [5.74, 6) is -3.55. The molecule has 0 radical (unpaired) electrons. The number of carbonyl (C=O) groups is 4. The van der Waals surface area contributed by atoms with Gasteiger partial charge in [-0.15, -0.1) is 11.3 Å². The van der Waals surface area contributed by atoms with Crippen LogP contribution in [-0.2, 0) is 32.1 Å². The first-order valence-corrected chi connectivity index (χ1v) is 19.2. The minimum Gasteiger partial charge on any atom is -0.475 e. The highest BCUT2D eigenvalue weighted by atomic mass is 32.1. The van der Waals surface area contributed by atoms with E-state index in [2.05, 4.69) is 20.9 Å². The Kier molecular flexibility index (Phi) is 17.7. The molecule has 2 unspecified atom stereocenters. The molecule has 2 aliphatic rings. The van der Waals surface area contributed by atoms with Crippen molar-refractivity contribution in [1.29, 1.82) is 5.41 Å². The number of benzene rings is 1. The van der Waals surface area contributed by atoms with Crippen molar-refractivity contribution in [3.05, 3.63) is 57.8 Å². The van der Waals surface area contributed by atoms with E-state index in [0.717, 1.165) is 68.2 Å². The van der Waals surface area contributed by atoms with Crippen molar-refractivity contribution in [1.82, 2.24) is 16.0 Å². The quantitative estimate of drug-likeness (QED) is 0.0692. The fourth-order valence-electron chi connectivity index (χ4n) is 6.95. The van der Waals surface area contributed by atoms with Gasteiger partial charge in [-0.2, -0.15) is 13.2 Å². The largest absolute Gasteiger partial charge is 0.490 e. The Bertz CT molecular complexity index is 1540. The number of nitrogens with one attached hydrogen (secondary N) is 4. The summed E-state index contributed by atoms with van der Waals surface area (Å²) >= 11 is 1.55. The van der Waals surface area contributed by atoms with Gasteiger partial charge < -0.3 is 38.3 Å². The van der Waals surface area contributed by atoms with Crippen molar-refractivity contribution in [2.75, 3.05) is 6.54 Å². The number of alkyl halides is 3. The summed E-state index contributed by atoms with van der Waals surface area (Å²) in [5, 5.41) is 26.0. The maximum Gasteiger partial charge on any atom is 0.490 e. The van der Waals surface area contributed by atoms with Gasteiger partial charge in [-0.1, -0.05) is 68.9 Å². The van der Waals surface area contributed by atoms with E-state index in [1.165, 1.54) is 6.42 Å². The summed E-state index contributed by atoms with van der Waals surface area (Å²) in [5.41, 5.74) is 18.3. The molecule has 0 saturated heterocycles. The lowest BCUT2D eigenvalue weighted by Gasteiger charge is -2.34. The molecule has 298 valence electrons. The maximum atomic E-state index is 14.2. The summed E-state index contributed by atoms with van der Waals surface area (Å²) in [6.45, 7) is 0.711. The molecule has 3 amide bonds. The smallest absolute Gasteiger partial charge is 0.475 e. The third-order valence-corrected chi connectivity index (χ3v) is 10.7. The third-order valence-electron chi connectivity index (χ3n) is 9.82. The number of rotatable bonds is 16. The molecule has 0 spiro atoms. The fraction of sp³-hybridized carbons (Fsp3) is 0.568.